The van der Waals surface area contributed by atoms with Gasteiger partial charge in [-0.25, -0.2) is 4.39 Å². The van der Waals surface area contributed by atoms with Crippen molar-refractivity contribution < 1.29 is 4.39 Å². The highest BCUT2D eigenvalue weighted by molar-refractivity contribution is 6.33. The van der Waals surface area contributed by atoms with Gasteiger partial charge in [-0.05, 0) is 31.2 Å². The summed E-state index contributed by atoms with van der Waals surface area (Å²) >= 11 is 5.83. The molecule has 1 saturated carbocycles. The van der Waals surface area contributed by atoms with Crippen molar-refractivity contribution in [2.75, 3.05) is 16.8 Å². The fourth-order valence-electron chi connectivity index (χ4n) is 2.65. The molecule has 19 heavy (non-hydrogen) atoms. The van der Waals surface area contributed by atoms with Gasteiger partial charge in [0.25, 0.3) is 0 Å². The van der Waals surface area contributed by atoms with Crippen LogP contribution in [0.3, 0.4) is 0 Å². The summed E-state index contributed by atoms with van der Waals surface area (Å²) in [5.41, 5.74) is 12.2. The number of anilines is 3. The number of rotatable bonds is 2. The molecule has 2 rings (SSSR count). The second-order valence-corrected chi connectivity index (χ2v) is 5.89. The van der Waals surface area contributed by atoms with E-state index in [2.05, 4.69) is 12.2 Å². The van der Waals surface area contributed by atoms with E-state index in [0.717, 1.165) is 31.6 Å². The van der Waals surface area contributed by atoms with Crippen LogP contribution in [-0.4, -0.2) is 6.04 Å². The molecule has 0 heterocycles. The summed E-state index contributed by atoms with van der Waals surface area (Å²) in [5.74, 6) is 0.195. The average Bonchev–Trinajstić information content (AvgIpc) is 2.57. The number of halogens is 2. The molecule has 1 aromatic carbocycles. The zero-order valence-corrected chi connectivity index (χ0v) is 11.9. The van der Waals surface area contributed by atoms with Crippen LogP contribution in [0.25, 0.3) is 0 Å². The Labute approximate surface area is 118 Å². The molecule has 3 nitrogen and oxygen atoms in total. The van der Waals surface area contributed by atoms with E-state index < -0.39 is 5.82 Å². The fourth-order valence-corrected chi connectivity index (χ4v) is 2.80. The first-order valence-corrected chi connectivity index (χ1v) is 7.16. The van der Waals surface area contributed by atoms with Gasteiger partial charge in [-0.2, -0.15) is 0 Å². The summed E-state index contributed by atoms with van der Waals surface area (Å²) in [6, 6.07) is 1.76. The highest BCUT2D eigenvalue weighted by atomic mass is 35.5. The van der Waals surface area contributed by atoms with E-state index in [9.17, 15) is 4.39 Å². The van der Waals surface area contributed by atoms with E-state index in [0.29, 0.717) is 11.4 Å². The van der Waals surface area contributed by atoms with E-state index in [1.807, 2.05) is 0 Å². The van der Waals surface area contributed by atoms with Gasteiger partial charge in [-0.3, -0.25) is 0 Å². The van der Waals surface area contributed by atoms with Crippen LogP contribution in [0.15, 0.2) is 6.07 Å². The summed E-state index contributed by atoms with van der Waals surface area (Å²) in [7, 11) is 0. The lowest BCUT2D eigenvalue weighted by molar-refractivity contribution is 0.501. The molecular formula is C14H21ClFN3. The van der Waals surface area contributed by atoms with Gasteiger partial charge in [-0.15, -0.1) is 0 Å². The SMILES string of the molecule is CC1CCCC(Nc2c(N)cc(N)c(Cl)c2F)CC1. The molecule has 0 radical (unpaired) electrons. The van der Waals surface area contributed by atoms with E-state index in [-0.39, 0.29) is 16.8 Å². The number of benzene rings is 1. The van der Waals surface area contributed by atoms with E-state index in [1.165, 1.54) is 12.5 Å². The van der Waals surface area contributed by atoms with Crippen LogP contribution >= 0.6 is 11.6 Å². The zero-order chi connectivity index (χ0) is 14.0. The summed E-state index contributed by atoms with van der Waals surface area (Å²) < 4.78 is 14.1. The first-order valence-electron chi connectivity index (χ1n) is 6.78. The quantitative estimate of drug-likeness (QED) is 0.568. The number of nitrogens with two attached hydrogens (primary N) is 2. The first kappa shape index (κ1) is 14.3. The van der Waals surface area contributed by atoms with Crippen LogP contribution in [-0.2, 0) is 0 Å². The summed E-state index contributed by atoms with van der Waals surface area (Å²) in [6.45, 7) is 2.26. The van der Waals surface area contributed by atoms with Crippen molar-refractivity contribution in [1.82, 2.24) is 0 Å². The Morgan fingerprint density at radius 1 is 1.21 bits per heavy atom. The van der Waals surface area contributed by atoms with Crippen LogP contribution in [0, 0.1) is 11.7 Å². The lowest BCUT2D eigenvalue weighted by Crippen LogP contribution is -2.20. The second kappa shape index (κ2) is 5.87. The van der Waals surface area contributed by atoms with Crippen LogP contribution in [0.5, 0.6) is 0 Å². The Hall–Kier alpha value is -1.16. The number of nitrogens with one attached hydrogen (secondary N) is 1. The van der Waals surface area contributed by atoms with Crippen LogP contribution in [0.4, 0.5) is 21.5 Å². The third kappa shape index (κ3) is 3.24. The van der Waals surface area contributed by atoms with Crippen molar-refractivity contribution in [3.05, 3.63) is 16.9 Å². The van der Waals surface area contributed by atoms with Crippen LogP contribution < -0.4 is 16.8 Å². The largest absolute Gasteiger partial charge is 0.397 e. The van der Waals surface area contributed by atoms with Crippen LogP contribution in [0.1, 0.15) is 39.0 Å². The van der Waals surface area contributed by atoms with Crippen molar-refractivity contribution in [3.8, 4) is 0 Å². The predicted molar refractivity (Wildman–Crippen MR) is 79.9 cm³/mol. The Balaban J connectivity index is 2.17. The molecule has 1 fully saturated rings. The molecule has 0 spiro atoms. The molecule has 1 aliphatic rings. The van der Waals surface area contributed by atoms with E-state index in [4.69, 9.17) is 23.1 Å². The lowest BCUT2D eigenvalue weighted by Gasteiger charge is -2.20. The molecule has 0 amide bonds. The summed E-state index contributed by atoms with van der Waals surface area (Å²) in [4.78, 5) is 0. The second-order valence-electron chi connectivity index (χ2n) is 5.51. The fraction of sp³-hybridized carbons (Fsp3) is 0.571. The molecule has 2 atom stereocenters. The highest BCUT2D eigenvalue weighted by Crippen LogP contribution is 2.35. The number of hydrogen-bond donors (Lipinski definition) is 3. The summed E-state index contributed by atoms with van der Waals surface area (Å²) in [6.07, 6.45) is 5.61. The van der Waals surface area contributed by atoms with Gasteiger partial charge in [0.2, 0.25) is 0 Å². The van der Waals surface area contributed by atoms with Crippen molar-refractivity contribution in [2.45, 2.75) is 45.1 Å². The average molecular weight is 286 g/mol. The molecule has 106 valence electrons. The maximum Gasteiger partial charge on any atom is 0.169 e. The molecule has 5 heteroatoms. The monoisotopic (exact) mass is 285 g/mol. The van der Waals surface area contributed by atoms with Gasteiger partial charge in [0.1, 0.15) is 5.02 Å². The minimum absolute atomic E-state index is 0.0568. The molecule has 5 N–H and O–H groups in total. The molecule has 0 saturated heterocycles. The standard InChI is InChI=1S/C14H21ClFN3/c1-8-3-2-4-9(6-5-8)19-14-11(18)7-10(17)12(15)13(14)16/h7-9,19H,2-6,17-18H2,1H3. The predicted octanol–water partition coefficient (Wildman–Crippen LogP) is 4.02. The Morgan fingerprint density at radius 3 is 2.68 bits per heavy atom. The normalized spacial score (nSPS) is 23.9. The molecule has 1 aliphatic carbocycles. The lowest BCUT2D eigenvalue weighted by atomic mass is 10.0. The van der Waals surface area contributed by atoms with E-state index in [1.54, 1.807) is 0 Å². The van der Waals surface area contributed by atoms with Crippen molar-refractivity contribution >= 4 is 28.7 Å². The first-order chi connectivity index (χ1) is 8.99. The molecule has 0 bridgehead atoms. The Morgan fingerprint density at radius 2 is 1.95 bits per heavy atom. The molecular weight excluding hydrogens is 265 g/mol. The molecule has 0 aromatic heterocycles. The Kier molecular flexibility index (Phi) is 4.40. The smallest absolute Gasteiger partial charge is 0.169 e. The van der Waals surface area contributed by atoms with E-state index >= 15 is 0 Å². The topological polar surface area (TPSA) is 64.1 Å². The van der Waals surface area contributed by atoms with Gasteiger partial charge in [0.05, 0.1) is 17.1 Å². The van der Waals surface area contributed by atoms with Crippen molar-refractivity contribution in [1.29, 1.82) is 0 Å². The third-order valence-electron chi connectivity index (χ3n) is 3.87. The Bertz CT molecular complexity index is 464. The van der Waals surface area contributed by atoms with Gasteiger partial charge in [0, 0.05) is 6.04 Å². The number of hydrogen-bond acceptors (Lipinski definition) is 3. The zero-order valence-electron chi connectivity index (χ0n) is 11.2. The highest BCUT2D eigenvalue weighted by Gasteiger charge is 2.20. The van der Waals surface area contributed by atoms with Gasteiger partial charge in [0.15, 0.2) is 5.82 Å². The third-order valence-corrected chi connectivity index (χ3v) is 4.26. The minimum atomic E-state index is -0.545. The van der Waals surface area contributed by atoms with Crippen molar-refractivity contribution in [2.24, 2.45) is 5.92 Å². The van der Waals surface area contributed by atoms with Gasteiger partial charge >= 0.3 is 0 Å². The van der Waals surface area contributed by atoms with Gasteiger partial charge in [-0.1, -0.05) is 31.4 Å². The van der Waals surface area contributed by atoms with Crippen molar-refractivity contribution in [3.63, 3.8) is 0 Å². The molecule has 0 aliphatic heterocycles. The van der Waals surface area contributed by atoms with Gasteiger partial charge < -0.3 is 16.8 Å². The number of nitrogen functional groups attached to an aromatic ring is 2. The molecule has 1 aromatic rings. The summed E-state index contributed by atoms with van der Waals surface area (Å²) in [5, 5.41) is 3.15. The minimum Gasteiger partial charge on any atom is -0.397 e. The molecule has 2 unspecified atom stereocenters. The van der Waals surface area contributed by atoms with Crippen LogP contribution in [0.2, 0.25) is 5.02 Å². The maximum atomic E-state index is 14.1. The maximum absolute atomic E-state index is 14.1.